The molecule has 0 unspecified atom stereocenters. The maximum atomic E-state index is 8.50. The quantitative estimate of drug-likeness (QED) is 0.158. The summed E-state index contributed by atoms with van der Waals surface area (Å²) in [5.41, 5.74) is 11.7. The molecule has 0 fully saturated rings. The number of nitrogens with zero attached hydrogens (tertiary/aromatic N) is 2. The third-order valence-corrected chi connectivity index (χ3v) is 11.2. The number of anilines is 3. The average Bonchev–Trinajstić information content (AvgIpc) is 3.68. The summed E-state index contributed by atoms with van der Waals surface area (Å²) in [7, 11) is 0. The third-order valence-electron chi connectivity index (χ3n) is 11.2. The Labute approximate surface area is 345 Å². The van der Waals surface area contributed by atoms with E-state index in [9.17, 15) is 0 Å². The van der Waals surface area contributed by atoms with Gasteiger partial charge in [-0.3, -0.25) is 0 Å². The van der Waals surface area contributed by atoms with Crippen LogP contribution in [0, 0.1) is 0 Å². The molecule has 0 aliphatic rings. The van der Waals surface area contributed by atoms with E-state index in [1.807, 2.05) is 48.5 Å². The highest BCUT2D eigenvalue weighted by Gasteiger charge is 2.17. The molecule has 0 spiro atoms. The fraction of sp³-hybridized carbons (Fsp3) is 0. The highest BCUT2D eigenvalue weighted by molar-refractivity contribution is 6.22. The predicted octanol–water partition coefficient (Wildman–Crippen LogP) is 15.6. The maximum Gasteiger partial charge on any atom is 0.0629 e. The van der Waals surface area contributed by atoms with E-state index in [1.54, 1.807) is 0 Å². The van der Waals surface area contributed by atoms with Crippen molar-refractivity contribution in [3.63, 3.8) is 0 Å². The second kappa shape index (κ2) is 14.1. The molecule has 0 saturated heterocycles. The van der Waals surface area contributed by atoms with E-state index < -0.39 is 6.04 Å². The smallest absolute Gasteiger partial charge is 0.0629 e. The zero-order valence-electron chi connectivity index (χ0n) is 36.4. The molecule has 10 aromatic carbocycles. The summed E-state index contributed by atoms with van der Waals surface area (Å²) in [5.74, 6) is 0. The Balaban J connectivity index is 0.981. The Hall–Kier alpha value is -7.68. The normalized spacial score (nSPS) is 12.7. The molecule has 0 aliphatic carbocycles. The van der Waals surface area contributed by atoms with E-state index >= 15 is 0 Å². The van der Waals surface area contributed by atoms with E-state index in [2.05, 4.69) is 161 Å². The molecule has 0 saturated carbocycles. The van der Waals surface area contributed by atoms with Crippen LogP contribution in [-0.4, -0.2) is 4.57 Å². The molecule has 2 heteroatoms. The van der Waals surface area contributed by atoms with Crippen LogP contribution in [0.3, 0.4) is 0 Å². The molecule has 11 rings (SSSR count). The van der Waals surface area contributed by atoms with Crippen molar-refractivity contribution < 1.29 is 6.85 Å². The third kappa shape index (κ3) is 5.91. The number of fused-ring (bicyclic) bond motifs is 6. The van der Waals surface area contributed by atoms with Crippen LogP contribution in [0.2, 0.25) is 0 Å². The van der Waals surface area contributed by atoms with Crippen molar-refractivity contribution in [1.82, 2.24) is 4.57 Å². The second-order valence-electron chi connectivity index (χ2n) is 14.6. The van der Waals surface area contributed by atoms with Crippen LogP contribution < -0.4 is 4.90 Å². The van der Waals surface area contributed by atoms with Crippen LogP contribution in [-0.2, 0) is 0 Å². The fourth-order valence-electron chi connectivity index (χ4n) is 8.43. The zero-order chi connectivity index (χ0) is 42.8. The van der Waals surface area contributed by atoms with Gasteiger partial charge in [0.2, 0.25) is 0 Å². The predicted molar refractivity (Wildman–Crippen MR) is 247 cm³/mol. The largest absolute Gasteiger partial charge is 0.310 e. The van der Waals surface area contributed by atoms with Gasteiger partial charge in [0, 0.05) is 33.5 Å². The van der Waals surface area contributed by atoms with Crippen molar-refractivity contribution in [3.8, 4) is 39.1 Å². The molecular formula is C56H38N2. The van der Waals surface area contributed by atoms with E-state index in [0.717, 1.165) is 50.2 Å². The zero-order valence-corrected chi connectivity index (χ0v) is 31.4. The Morgan fingerprint density at radius 2 is 0.897 bits per heavy atom. The minimum atomic E-state index is -0.399. The van der Waals surface area contributed by atoms with Crippen LogP contribution in [0.5, 0.6) is 0 Å². The molecule has 1 aromatic heterocycles. The van der Waals surface area contributed by atoms with E-state index in [1.165, 1.54) is 38.2 Å². The van der Waals surface area contributed by atoms with Crippen molar-refractivity contribution >= 4 is 60.4 Å². The number of rotatable bonds is 7. The van der Waals surface area contributed by atoms with Crippen molar-refractivity contribution in [2.45, 2.75) is 0 Å². The van der Waals surface area contributed by atoms with Crippen LogP contribution in [0.25, 0.3) is 82.4 Å². The van der Waals surface area contributed by atoms with Crippen molar-refractivity contribution in [2.24, 2.45) is 0 Å². The molecular weight excluding hydrogens is 701 g/mol. The van der Waals surface area contributed by atoms with E-state index in [-0.39, 0.29) is 29.7 Å². The van der Waals surface area contributed by atoms with Crippen molar-refractivity contribution in [3.05, 3.63) is 230 Å². The lowest BCUT2D eigenvalue weighted by Crippen LogP contribution is -2.09. The van der Waals surface area contributed by atoms with Crippen LogP contribution in [0.1, 0.15) is 6.85 Å². The molecule has 0 aliphatic heterocycles. The van der Waals surface area contributed by atoms with E-state index in [4.69, 9.17) is 6.85 Å². The Morgan fingerprint density at radius 3 is 1.71 bits per heavy atom. The highest BCUT2D eigenvalue weighted by Crippen LogP contribution is 2.41. The summed E-state index contributed by atoms with van der Waals surface area (Å²) in [5, 5.41) is 7.10. The minimum absolute atomic E-state index is 0.187. The lowest BCUT2D eigenvalue weighted by Gasteiger charge is -2.26. The number of para-hydroxylation sites is 1. The van der Waals surface area contributed by atoms with Gasteiger partial charge >= 0.3 is 0 Å². The highest BCUT2D eigenvalue weighted by atomic mass is 15.1. The Morgan fingerprint density at radius 1 is 0.345 bits per heavy atom. The van der Waals surface area contributed by atoms with Gasteiger partial charge in [0.25, 0.3) is 0 Å². The van der Waals surface area contributed by atoms with E-state index in [0.29, 0.717) is 5.56 Å². The lowest BCUT2D eigenvalue weighted by atomic mass is 9.98. The summed E-state index contributed by atoms with van der Waals surface area (Å²) in [6, 6.07) is 68.6. The minimum Gasteiger partial charge on any atom is -0.310 e. The van der Waals surface area contributed by atoms with Crippen LogP contribution in [0.15, 0.2) is 230 Å². The van der Waals surface area contributed by atoms with Gasteiger partial charge < -0.3 is 9.47 Å². The summed E-state index contributed by atoms with van der Waals surface area (Å²) < 4.78 is 43.8. The Bertz CT molecular complexity index is 3520. The Kier molecular flexibility index (Phi) is 6.98. The average molecular weight is 744 g/mol. The SMILES string of the molecule is [2H]c1c([2H])c([2H])c(-c2ccc(N(c3ccccc3)c3ccc4cc(-c5ccc6c(c5)c5c7ccccc7ccc5n6-c5ccc(-c6ccccc6)cc5)ccc4c3)cc2)c([2H])c1[2H]. The topological polar surface area (TPSA) is 8.17 Å². The first kappa shape index (κ1) is 28.7. The van der Waals surface area contributed by atoms with Gasteiger partial charge in [-0.05, 0) is 128 Å². The number of aromatic nitrogens is 1. The number of hydrogen-bond donors (Lipinski definition) is 0. The fourth-order valence-corrected chi connectivity index (χ4v) is 8.43. The van der Waals surface area contributed by atoms with Crippen LogP contribution >= 0.6 is 0 Å². The van der Waals surface area contributed by atoms with Gasteiger partial charge in [-0.1, -0.05) is 158 Å². The molecule has 0 radical (unpaired) electrons. The van der Waals surface area contributed by atoms with Gasteiger partial charge in [-0.25, -0.2) is 0 Å². The first-order valence-corrected chi connectivity index (χ1v) is 19.5. The molecule has 0 N–H and O–H groups in total. The summed E-state index contributed by atoms with van der Waals surface area (Å²) >= 11 is 0. The van der Waals surface area contributed by atoms with Gasteiger partial charge in [0.15, 0.2) is 0 Å². The van der Waals surface area contributed by atoms with Gasteiger partial charge in [-0.15, -0.1) is 0 Å². The molecule has 0 bridgehead atoms. The van der Waals surface area contributed by atoms with Crippen molar-refractivity contribution in [2.75, 3.05) is 4.90 Å². The number of benzene rings is 10. The molecule has 11 aromatic rings. The van der Waals surface area contributed by atoms with Gasteiger partial charge in [-0.2, -0.15) is 0 Å². The second-order valence-corrected chi connectivity index (χ2v) is 14.6. The summed E-state index contributed by atoms with van der Waals surface area (Å²) in [6.45, 7) is 0. The van der Waals surface area contributed by atoms with Crippen molar-refractivity contribution in [1.29, 1.82) is 0 Å². The molecule has 2 nitrogen and oxygen atoms in total. The summed E-state index contributed by atoms with van der Waals surface area (Å²) in [6.07, 6.45) is 0. The standard InChI is InChI=1S/C56H38N2/c1-4-12-39(13-5-1)41-22-29-49(30-23-41)57(48-17-8-3-9-18-48)51-33-26-45-36-44(20-21-46(45)37-51)47-28-34-54-53(38-47)56-52-19-11-10-16-43(52)27-35-55(56)58(54)50-31-24-42(25-32-50)40-14-6-2-7-15-40/h1-38H/i1D,4D,5D,12D,13D. The molecule has 58 heavy (non-hydrogen) atoms. The monoisotopic (exact) mass is 743 g/mol. The van der Waals surface area contributed by atoms with Gasteiger partial charge in [0.1, 0.15) is 0 Å². The first-order valence-electron chi connectivity index (χ1n) is 22.0. The number of hydrogen-bond acceptors (Lipinski definition) is 1. The van der Waals surface area contributed by atoms with Gasteiger partial charge in [0.05, 0.1) is 17.9 Å². The molecule has 0 atom stereocenters. The summed E-state index contributed by atoms with van der Waals surface area (Å²) in [4.78, 5) is 2.17. The molecule has 0 amide bonds. The lowest BCUT2D eigenvalue weighted by molar-refractivity contribution is 1.18. The van der Waals surface area contributed by atoms with Crippen LogP contribution in [0.4, 0.5) is 17.1 Å². The maximum absolute atomic E-state index is 8.50. The molecule has 1 heterocycles. The molecule has 272 valence electrons. The first-order chi connectivity index (χ1) is 30.8.